The quantitative estimate of drug-likeness (QED) is 0.343. The lowest BCUT2D eigenvalue weighted by atomic mass is 10.1. The maximum absolute atomic E-state index is 13.6. The number of alkyl halides is 3. The van der Waals surface area contributed by atoms with Crippen LogP contribution in [0.4, 0.5) is 17.6 Å². The maximum Gasteiger partial charge on any atom is 0.432 e. The maximum atomic E-state index is 13.6. The SMILES string of the molecule is C[C@H](NC(=O)c1c[nH]c2ncc(-c3nn(C)c4cc(F)ccc34)nc12)c1ncc(C(F)(F)F)[nH]1. The Labute approximate surface area is 188 Å². The molecule has 0 unspecified atom stereocenters. The fraction of sp³-hybridized carbons (Fsp3) is 0.190. The number of imidazole rings is 1. The van der Waals surface area contributed by atoms with Crippen LogP contribution in [0.3, 0.4) is 0 Å². The van der Waals surface area contributed by atoms with Gasteiger partial charge in [0.05, 0.1) is 29.5 Å². The molecule has 4 aromatic heterocycles. The average molecular weight is 472 g/mol. The summed E-state index contributed by atoms with van der Waals surface area (Å²) < 4.78 is 53.6. The number of halogens is 4. The lowest BCUT2D eigenvalue weighted by Gasteiger charge is -2.11. The molecule has 1 aromatic carbocycles. The van der Waals surface area contributed by atoms with Crippen molar-refractivity contribution < 1.29 is 22.4 Å². The standard InChI is InChI=1S/C21H16F4N8O/c1-9(18-28-8-15(31-18)21(23,24)25)29-20(34)12-6-26-19-17(12)30-13(7-27-19)16-11-4-3-10(22)5-14(11)33(2)32-16/h3-9H,1-2H3,(H,26,27)(H,28,31)(H,29,34)/t9-/m0/s1. The van der Waals surface area contributed by atoms with E-state index in [0.717, 1.165) is 0 Å². The number of rotatable bonds is 4. The van der Waals surface area contributed by atoms with E-state index in [9.17, 15) is 22.4 Å². The molecule has 174 valence electrons. The molecule has 0 aliphatic heterocycles. The molecule has 1 atom stereocenters. The summed E-state index contributed by atoms with van der Waals surface area (Å²) in [6.45, 7) is 1.50. The van der Waals surface area contributed by atoms with Crippen LogP contribution in [0.25, 0.3) is 33.5 Å². The first-order valence-electron chi connectivity index (χ1n) is 10.0. The summed E-state index contributed by atoms with van der Waals surface area (Å²) >= 11 is 0. The van der Waals surface area contributed by atoms with Crippen molar-refractivity contribution in [2.45, 2.75) is 19.1 Å². The molecule has 5 rings (SSSR count). The molecule has 0 saturated heterocycles. The number of carbonyl (C=O) groups excluding carboxylic acids is 1. The minimum Gasteiger partial charge on any atom is -0.344 e. The second-order valence-corrected chi connectivity index (χ2v) is 7.66. The van der Waals surface area contributed by atoms with Gasteiger partial charge >= 0.3 is 6.18 Å². The lowest BCUT2D eigenvalue weighted by Crippen LogP contribution is -2.27. The number of H-pyrrole nitrogens is 2. The minimum absolute atomic E-state index is 0.0422. The number of hydrogen-bond donors (Lipinski definition) is 3. The van der Waals surface area contributed by atoms with Crippen LogP contribution in [0.2, 0.25) is 0 Å². The van der Waals surface area contributed by atoms with Crippen molar-refractivity contribution in [2.24, 2.45) is 7.05 Å². The summed E-state index contributed by atoms with van der Waals surface area (Å²) in [6, 6.07) is 3.42. The lowest BCUT2D eigenvalue weighted by molar-refractivity contribution is -0.140. The number of hydrogen-bond acceptors (Lipinski definition) is 5. The predicted octanol–water partition coefficient (Wildman–Crippen LogP) is 3.88. The molecule has 0 aliphatic carbocycles. The number of carbonyl (C=O) groups is 1. The van der Waals surface area contributed by atoms with E-state index >= 15 is 0 Å². The minimum atomic E-state index is -4.57. The van der Waals surface area contributed by atoms with Crippen LogP contribution >= 0.6 is 0 Å². The Morgan fingerprint density at radius 3 is 2.74 bits per heavy atom. The third-order valence-corrected chi connectivity index (χ3v) is 5.34. The summed E-state index contributed by atoms with van der Waals surface area (Å²) in [5.74, 6) is -1.02. The van der Waals surface area contributed by atoms with Crippen molar-refractivity contribution in [3.05, 3.63) is 59.7 Å². The summed E-state index contributed by atoms with van der Waals surface area (Å²) in [4.78, 5) is 30.4. The number of aryl methyl sites for hydroxylation is 1. The van der Waals surface area contributed by atoms with Gasteiger partial charge in [-0.25, -0.2) is 19.3 Å². The Balaban J connectivity index is 1.47. The molecule has 0 aliphatic rings. The van der Waals surface area contributed by atoms with Gasteiger partial charge in [0, 0.05) is 18.6 Å². The highest BCUT2D eigenvalue weighted by molar-refractivity contribution is 6.05. The fourth-order valence-electron chi connectivity index (χ4n) is 3.64. The van der Waals surface area contributed by atoms with Crippen LogP contribution < -0.4 is 5.32 Å². The molecule has 9 nitrogen and oxygen atoms in total. The summed E-state index contributed by atoms with van der Waals surface area (Å²) in [5, 5.41) is 7.67. The van der Waals surface area contributed by atoms with E-state index in [1.54, 1.807) is 13.1 Å². The molecule has 1 amide bonds. The molecule has 13 heteroatoms. The Morgan fingerprint density at radius 2 is 2.00 bits per heavy atom. The zero-order valence-electron chi connectivity index (χ0n) is 17.7. The molecular formula is C21H16F4N8O. The van der Waals surface area contributed by atoms with E-state index in [1.165, 1.54) is 36.1 Å². The second-order valence-electron chi connectivity index (χ2n) is 7.66. The number of benzene rings is 1. The van der Waals surface area contributed by atoms with E-state index < -0.39 is 29.6 Å². The Kier molecular flexibility index (Phi) is 4.84. The number of aromatic amines is 2. The van der Waals surface area contributed by atoms with Gasteiger partial charge in [-0.05, 0) is 25.1 Å². The van der Waals surface area contributed by atoms with E-state index in [0.29, 0.717) is 34.1 Å². The molecule has 3 N–H and O–H groups in total. The van der Waals surface area contributed by atoms with Gasteiger partial charge in [-0.15, -0.1) is 0 Å². The van der Waals surface area contributed by atoms with Crippen molar-refractivity contribution in [1.82, 2.24) is 40.0 Å². The van der Waals surface area contributed by atoms with Gasteiger partial charge in [-0.3, -0.25) is 9.48 Å². The molecule has 0 bridgehead atoms. The summed E-state index contributed by atoms with van der Waals surface area (Å²) in [7, 11) is 1.67. The van der Waals surface area contributed by atoms with Gasteiger partial charge in [0.1, 0.15) is 34.2 Å². The van der Waals surface area contributed by atoms with Gasteiger partial charge in [-0.1, -0.05) is 0 Å². The molecule has 0 spiro atoms. The molecule has 5 aromatic rings. The Bertz CT molecular complexity index is 1550. The van der Waals surface area contributed by atoms with Gasteiger partial charge < -0.3 is 15.3 Å². The van der Waals surface area contributed by atoms with Crippen molar-refractivity contribution >= 4 is 28.0 Å². The Hall–Kier alpha value is -4.29. The second kappa shape index (κ2) is 7.64. The highest BCUT2D eigenvalue weighted by Gasteiger charge is 2.33. The molecule has 0 saturated carbocycles. The van der Waals surface area contributed by atoms with Crippen LogP contribution in [0.15, 0.2) is 36.8 Å². The third-order valence-electron chi connectivity index (χ3n) is 5.34. The number of nitrogens with zero attached hydrogens (tertiary/aromatic N) is 5. The highest BCUT2D eigenvalue weighted by atomic mass is 19.4. The zero-order valence-corrected chi connectivity index (χ0v) is 17.7. The topological polar surface area (TPSA) is 117 Å². The first kappa shape index (κ1) is 21.6. The van der Waals surface area contributed by atoms with Crippen molar-refractivity contribution in [3.8, 4) is 11.4 Å². The number of aromatic nitrogens is 7. The number of amides is 1. The van der Waals surface area contributed by atoms with Crippen molar-refractivity contribution in [2.75, 3.05) is 0 Å². The molecule has 34 heavy (non-hydrogen) atoms. The van der Waals surface area contributed by atoms with E-state index in [2.05, 4.69) is 35.3 Å². The smallest absolute Gasteiger partial charge is 0.344 e. The summed E-state index contributed by atoms with van der Waals surface area (Å²) in [6.07, 6.45) is -1.01. The summed E-state index contributed by atoms with van der Waals surface area (Å²) in [5.41, 5.74) is 1.12. The third kappa shape index (κ3) is 3.64. The largest absolute Gasteiger partial charge is 0.432 e. The number of nitrogens with one attached hydrogen (secondary N) is 3. The van der Waals surface area contributed by atoms with Gasteiger partial charge in [0.25, 0.3) is 5.91 Å². The van der Waals surface area contributed by atoms with E-state index in [1.807, 2.05) is 0 Å². The van der Waals surface area contributed by atoms with Crippen molar-refractivity contribution in [1.29, 1.82) is 0 Å². The van der Waals surface area contributed by atoms with Crippen molar-refractivity contribution in [3.63, 3.8) is 0 Å². The Morgan fingerprint density at radius 1 is 1.21 bits per heavy atom. The molecule has 4 heterocycles. The molecule has 0 fully saturated rings. The highest BCUT2D eigenvalue weighted by Crippen LogP contribution is 2.29. The van der Waals surface area contributed by atoms with Crippen LogP contribution in [-0.4, -0.2) is 40.6 Å². The zero-order chi connectivity index (χ0) is 24.2. The number of fused-ring (bicyclic) bond motifs is 2. The average Bonchev–Trinajstić information content (AvgIpc) is 3.50. The van der Waals surface area contributed by atoms with E-state index in [4.69, 9.17) is 0 Å². The van der Waals surface area contributed by atoms with Gasteiger partial charge in [0.2, 0.25) is 0 Å². The molecular weight excluding hydrogens is 456 g/mol. The van der Waals surface area contributed by atoms with Gasteiger partial charge in [0.15, 0.2) is 5.65 Å². The van der Waals surface area contributed by atoms with E-state index in [-0.39, 0.29) is 16.9 Å². The van der Waals surface area contributed by atoms with Crippen LogP contribution in [0.5, 0.6) is 0 Å². The molecule has 0 radical (unpaired) electrons. The van der Waals surface area contributed by atoms with Crippen LogP contribution in [-0.2, 0) is 13.2 Å². The van der Waals surface area contributed by atoms with Gasteiger partial charge in [-0.2, -0.15) is 18.3 Å². The normalized spacial score (nSPS) is 13.0. The van der Waals surface area contributed by atoms with Crippen LogP contribution in [0, 0.1) is 5.82 Å². The first-order chi connectivity index (χ1) is 16.1. The first-order valence-corrected chi connectivity index (χ1v) is 10.0. The fourth-order valence-corrected chi connectivity index (χ4v) is 3.64. The monoisotopic (exact) mass is 472 g/mol. The van der Waals surface area contributed by atoms with Crippen LogP contribution in [0.1, 0.15) is 34.8 Å². The predicted molar refractivity (Wildman–Crippen MR) is 113 cm³/mol.